The van der Waals surface area contributed by atoms with E-state index in [-0.39, 0.29) is 17.4 Å². The van der Waals surface area contributed by atoms with Gasteiger partial charge in [0, 0.05) is 11.8 Å². The molecule has 0 heterocycles. The number of ether oxygens (including phenoxy) is 1. The van der Waals surface area contributed by atoms with Gasteiger partial charge in [0.05, 0.1) is 24.2 Å². The van der Waals surface area contributed by atoms with Gasteiger partial charge in [-0.1, -0.05) is 58.1 Å². The fourth-order valence-corrected chi connectivity index (χ4v) is 8.20. The number of carbonyl (C=O) groups excluding carboxylic acids is 1. The zero-order chi connectivity index (χ0) is 28.2. The topological polar surface area (TPSA) is 90.5 Å². The number of nitrogens with zero attached hydrogens (tertiary/aromatic N) is 1. The molecule has 0 spiro atoms. The van der Waals surface area contributed by atoms with Crippen molar-refractivity contribution in [3.05, 3.63) is 47.1 Å². The molecule has 1 unspecified atom stereocenters. The average molecular weight is 534 g/mol. The van der Waals surface area contributed by atoms with Gasteiger partial charge < -0.3 is 14.9 Å². The minimum atomic E-state index is -0.975. The zero-order valence-corrected chi connectivity index (χ0v) is 24.3. The molecule has 212 valence electrons. The number of hydrogen-bond donors (Lipinski definition) is 2. The molecule has 0 aliphatic heterocycles. The Morgan fingerprint density at radius 3 is 2.49 bits per heavy atom. The maximum atomic E-state index is 12.9. The highest BCUT2D eigenvalue weighted by atomic mass is 16.5. The van der Waals surface area contributed by atoms with Crippen LogP contribution in [0.1, 0.15) is 91.9 Å². The number of Topliss-reactive ketones (excluding diaryl/α,β-unsaturated/α-hetero) is 1. The number of fused-ring (bicyclic) bond motifs is 1. The fourth-order valence-electron chi connectivity index (χ4n) is 8.20. The molecule has 5 aliphatic carbocycles. The molecular formula is C34H47NO4. The van der Waals surface area contributed by atoms with Gasteiger partial charge in [0.25, 0.3) is 0 Å². The van der Waals surface area contributed by atoms with E-state index in [2.05, 4.69) is 58.6 Å². The highest BCUT2D eigenvalue weighted by molar-refractivity contribution is 6.01. The van der Waals surface area contributed by atoms with E-state index < -0.39 is 23.7 Å². The van der Waals surface area contributed by atoms with Crippen LogP contribution in [-0.4, -0.2) is 40.9 Å². The molecule has 7 atom stereocenters. The third-order valence-corrected chi connectivity index (χ3v) is 11.1. The van der Waals surface area contributed by atoms with Crippen LogP contribution in [0.3, 0.4) is 0 Å². The lowest BCUT2D eigenvalue weighted by Crippen LogP contribution is -2.46. The van der Waals surface area contributed by atoms with Crippen LogP contribution in [0.4, 0.5) is 0 Å². The Hall–Kier alpha value is -2.00. The molecule has 5 rings (SSSR count). The van der Waals surface area contributed by atoms with Gasteiger partial charge in [0.2, 0.25) is 0 Å². The van der Waals surface area contributed by atoms with E-state index in [0.29, 0.717) is 35.5 Å². The maximum absolute atomic E-state index is 12.9. The molecule has 2 N–H and O–H groups in total. The van der Waals surface area contributed by atoms with E-state index in [1.807, 2.05) is 0 Å². The summed E-state index contributed by atoms with van der Waals surface area (Å²) in [5, 5.41) is 31.0. The molecule has 0 radical (unpaired) electrons. The summed E-state index contributed by atoms with van der Waals surface area (Å²) in [5.74, 6) is 1.82. The first kappa shape index (κ1) is 28.5. The first-order valence-corrected chi connectivity index (χ1v) is 15.1. The highest BCUT2D eigenvalue weighted by Crippen LogP contribution is 2.60. The summed E-state index contributed by atoms with van der Waals surface area (Å²) >= 11 is 0. The first-order valence-electron chi connectivity index (χ1n) is 15.1. The van der Waals surface area contributed by atoms with Crippen LogP contribution in [0.2, 0.25) is 0 Å². The van der Waals surface area contributed by atoms with E-state index in [1.54, 1.807) is 0 Å². The number of carbonyl (C=O) groups is 1. The number of hydrogen-bond acceptors (Lipinski definition) is 5. The van der Waals surface area contributed by atoms with Crippen molar-refractivity contribution in [3.8, 4) is 6.07 Å². The molecule has 5 nitrogen and oxygen atoms in total. The predicted octanol–water partition coefficient (Wildman–Crippen LogP) is 6.38. The summed E-state index contributed by atoms with van der Waals surface area (Å²) in [7, 11) is 0. The summed E-state index contributed by atoms with van der Waals surface area (Å²) in [6, 6.07) is 2.30. The van der Waals surface area contributed by atoms with Crippen molar-refractivity contribution in [1.29, 1.82) is 5.26 Å². The number of rotatable bonds is 6. The van der Waals surface area contributed by atoms with Crippen LogP contribution in [-0.2, 0) is 9.53 Å². The van der Waals surface area contributed by atoms with Crippen molar-refractivity contribution >= 4 is 5.78 Å². The second-order valence-corrected chi connectivity index (χ2v) is 14.2. The smallest absolute Gasteiger partial charge is 0.164 e. The maximum Gasteiger partial charge on any atom is 0.164 e. The van der Waals surface area contributed by atoms with Crippen LogP contribution in [0.5, 0.6) is 0 Å². The van der Waals surface area contributed by atoms with Crippen molar-refractivity contribution in [1.82, 2.24) is 0 Å². The summed E-state index contributed by atoms with van der Waals surface area (Å²) in [6.45, 7) is 13.3. The van der Waals surface area contributed by atoms with Gasteiger partial charge >= 0.3 is 0 Å². The second-order valence-electron chi connectivity index (χ2n) is 14.2. The third kappa shape index (κ3) is 5.25. The Morgan fingerprint density at radius 2 is 1.85 bits per heavy atom. The van der Waals surface area contributed by atoms with Crippen LogP contribution in [0.25, 0.3) is 0 Å². The van der Waals surface area contributed by atoms with Crippen molar-refractivity contribution in [2.45, 2.75) is 110 Å². The summed E-state index contributed by atoms with van der Waals surface area (Å²) in [4.78, 5) is 12.9. The van der Waals surface area contributed by atoms with Gasteiger partial charge in [0.15, 0.2) is 5.78 Å². The Labute approximate surface area is 234 Å². The predicted molar refractivity (Wildman–Crippen MR) is 152 cm³/mol. The van der Waals surface area contributed by atoms with E-state index in [1.165, 1.54) is 24.8 Å². The fraction of sp³-hybridized carbons (Fsp3) is 0.706. The van der Waals surface area contributed by atoms with Gasteiger partial charge in [-0.2, -0.15) is 5.26 Å². The molecule has 0 saturated heterocycles. The lowest BCUT2D eigenvalue weighted by molar-refractivity contribution is -0.121. The van der Waals surface area contributed by atoms with Crippen molar-refractivity contribution in [2.75, 3.05) is 6.61 Å². The number of allylic oxidation sites excluding steroid dienone is 5. The molecule has 0 aromatic carbocycles. The molecule has 0 aromatic heterocycles. The van der Waals surface area contributed by atoms with Gasteiger partial charge in [-0.05, 0) is 97.7 Å². The summed E-state index contributed by atoms with van der Waals surface area (Å²) < 4.78 is 5.86. The molecule has 5 aliphatic rings. The Bertz CT molecular complexity index is 1150. The van der Waals surface area contributed by atoms with E-state index in [9.17, 15) is 20.3 Å². The molecule has 5 saturated carbocycles. The quantitative estimate of drug-likeness (QED) is 0.387. The molecular weight excluding hydrogens is 486 g/mol. The summed E-state index contributed by atoms with van der Waals surface area (Å²) in [5.41, 5.74) is 3.57. The molecule has 0 bridgehead atoms. The van der Waals surface area contributed by atoms with Crippen LogP contribution < -0.4 is 0 Å². The average Bonchev–Trinajstić information content (AvgIpc) is 3.52. The zero-order valence-electron chi connectivity index (χ0n) is 24.3. The molecule has 5 heteroatoms. The van der Waals surface area contributed by atoms with Crippen LogP contribution >= 0.6 is 0 Å². The Kier molecular flexibility index (Phi) is 7.63. The van der Waals surface area contributed by atoms with Crippen molar-refractivity contribution < 1.29 is 19.7 Å². The monoisotopic (exact) mass is 533 g/mol. The van der Waals surface area contributed by atoms with Crippen LogP contribution in [0, 0.1) is 45.3 Å². The van der Waals surface area contributed by atoms with E-state index >= 15 is 0 Å². The van der Waals surface area contributed by atoms with Gasteiger partial charge in [0.1, 0.15) is 12.2 Å². The number of ketones is 1. The summed E-state index contributed by atoms with van der Waals surface area (Å²) in [6.07, 6.45) is 13.8. The molecule has 0 aromatic rings. The van der Waals surface area contributed by atoms with E-state index in [4.69, 9.17) is 4.74 Å². The van der Waals surface area contributed by atoms with Gasteiger partial charge in [-0.3, -0.25) is 4.79 Å². The molecule has 39 heavy (non-hydrogen) atoms. The lowest BCUT2D eigenvalue weighted by atomic mass is 9.61. The minimum absolute atomic E-state index is 0.214. The first-order chi connectivity index (χ1) is 18.4. The van der Waals surface area contributed by atoms with Crippen molar-refractivity contribution in [3.63, 3.8) is 0 Å². The third-order valence-electron chi connectivity index (χ3n) is 11.1. The van der Waals surface area contributed by atoms with Gasteiger partial charge in [-0.25, -0.2) is 0 Å². The van der Waals surface area contributed by atoms with Crippen molar-refractivity contribution in [2.24, 2.45) is 34.0 Å². The minimum Gasteiger partial charge on any atom is -0.390 e. The number of nitriles is 1. The Balaban J connectivity index is 1.28. The molecule has 5 fully saturated rings. The van der Waals surface area contributed by atoms with E-state index in [0.717, 1.165) is 49.7 Å². The number of aliphatic hydroxyl groups excluding tert-OH is 2. The van der Waals surface area contributed by atoms with Gasteiger partial charge in [-0.15, -0.1) is 0 Å². The standard InChI is InChI=1S/C34H47NO4/c1-21(17-25-12-14-32(3,4)31(25)38)26-10-11-27-23(7-6-13-33(26,27)5)8-9-24-18-28(36)30(29(37)22(24)2)39-20-34(19-35)15-16-34/h8-9,17,21,26-30,36-37H,2,6-7,10-16,18,20H2,1,3-5H3/b23-8+,24-9-,25-17+/t21?,26-,27+,28-,29-,30+,33-/m1/s1. The largest absolute Gasteiger partial charge is 0.390 e. The second kappa shape index (κ2) is 10.4. The Morgan fingerprint density at radius 1 is 1.10 bits per heavy atom. The SMILES string of the molecule is C=C1/C(=C\C=C2/CCC[C@]3(C)[C@@H](C(C)/C=C4\CCC(C)(C)C4=O)CC[C@@H]23)C[C@@H](O)[C@H](OCC2(C#N)CC2)[C@@H]1O. The molecule has 0 amide bonds. The normalized spacial score (nSPS) is 41.2. The lowest BCUT2D eigenvalue weighted by Gasteiger charge is -2.44. The number of aliphatic hydroxyl groups is 2. The van der Waals surface area contributed by atoms with Crippen LogP contribution in [0.15, 0.2) is 47.1 Å². The highest BCUT2D eigenvalue weighted by Gasteiger charge is 2.51.